The minimum atomic E-state index is -0.444. The molecular weight excluding hydrogens is 176 g/mol. The molecule has 0 saturated heterocycles. The van der Waals surface area contributed by atoms with E-state index in [1.165, 1.54) is 19.3 Å². The van der Waals surface area contributed by atoms with E-state index in [9.17, 15) is 5.11 Å². The van der Waals surface area contributed by atoms with Crippen molar-refractivity contribution in [1.82, 2.24) is 9.97 Å². The van der Waals surface area contributed by atoms with Crippen LogP contribution in [0.2, 0.25) is 0 Å². The van der Waals surface area contributed by atoms with E-state index in [0.29, 0.717) is 5.69 Å². The largest absolute Gasteiger partial charge is 0.387 e. The van der Waals surface area contributed by atoms with Crippen LogP contribution in [-0.4, -0.2) is 15.1 Å². The van der Waals surface area contributed by atoms with Gasteiger partial charge in [0, 0.05) is 12.4 Å². The minimum absolute atomic E-state index is 0.444. The molecule has 0 bridgehead atoms. The van der Waals surface area contributed by atoms with Gasteiger partial charge in [-0.1, -0.05) is 32.6 Å². The molecule has 0 fully saturated rings. The van der Waals surface area contributed by atoms with Gasteiger partial charge >= 0.3 is 0 Å². The molecule has 1 rings (SSSR count). The number of aromatic nitrogens is 2. The summed E-state index contributed by atoms with van der Waals surface area (Å²) in [5.74, 6) is 0. The Kier molecular flexibility index (Phi) is 5.15. The summed E-state index contributed by atoms with van der Waals surface area (Å²) >= 11 is 0. The lowest BCUT2D eigenvalue weighted by atomic mass is 10.1. The molecule has 1 N–H and O–H groups in total. The fourth-order valence-electron chi connectivity index (χ4n) is 1.40. The maximum atomic E-state index is 9.72. The van der Waals surface area contributed by atoms with Crippen molar-refractivity contribution in [2.45, 2.75) is 45.1 Å². The maximum absolute atomic E-state index is 9.72. The molecule has 0 amide bonds. The normalized spacial score (nSPS) is 12.7. The van der Waals surface area contributed by atoms with Gasteiger partial charge in [-0.05, 0) is 6.42 Å². The van der Waals surface area contributed by atoms with Crippen molar-refractivity contribution in [2.75, 3.05) is 0 Å². The van der Waals surface area contributed by atoms with Crippen LogP contribution in [0, 0.1) is 0 Å². The summed E-state index contributed by atoms with van der Waals surface area (Å²) in [7, 11) is 0. The fraction of sp³-hybridized carbons (Fsp3) is 0.636. The van der Waals surface area contributed by atoms with Gasteiger partial charge in [-0.2, -0.15) is 0 Å². The highest BCUT2D eigenvalue weighted by molar-refractivity contribution is 4.98. The predicted octanol–water partition coefficient (Wildman–Crippen LogP) is 2.48. The van der Waals surface area contributed by atoms with Crippen molar-refractivity contribution in [1.29, 1.82) is 0 Å². The highest BCUT2D eigenvalue weighted by Gasteiger charge is 2.07. The third kappa shape index (κ3) is 3.83. The number of rotatable bonds is 6. The van der Waals surface area contributed by atoms with E-state index in [1.54, 1.807) is 18.6 Å². The Morgan fingerprint density at radius 3 is 2.79 bits per heavy atom. The number of aliphatic hydroxyl groups excluding tert-OH is 1. The summed E-state index contributed by atoms with van der Waals surface area (Å²) in [6.45, 7) is 2.18. The lowest BCUT2D eigenvalue weighted by molar-refractivity contribution is 0.158. The maximum Gasteiger partial charge on any atom is 0.0975 e. The Morgan fingerprint density at radius 1 is 1.29 bits per heavy atom. The molecule has 1 aromatic heterocycles. The topological polar surface area (TPSA) is 46.0 Å². The van der Waals surface area contributed by atoms with Crippen molar-refractivity contribution >= 4 is 0 Å². The minimum Gasteiger partial charge on any atom is -0.387 e. The number of aliphatic hydroxyl groups is 1. The van der Waals surface area contributed by atoms with Crippen LogP contribution in [0.1, 0.15) is 50.8 Å². The molecule has 0 saturated carbocycles. The second kappa shape index (κ2) is 6.49. The van der Waals surface area contributed by atoms with Crippen LogP contribution in [0.4, 0.5) is 0 Å². The molecule has 14 heavy (non-hydrogen) atoms. The van der Waals surface area contributed by atoms with Gasteiger partial charge in [0.25, 0.3) is 0 Å². The lowest BCUT2D eigenvalue weighted by Gasteiger charge is -2.08. The van der Waals surface area contributed by atoms with Crippen LogP contribution in [-0.2, 0) is 0 Å². The van der Waals surface area contributed by atoms with E-state index < -0.39 is 6.10 Å². The van der Waals surface area contributed by atoms with Gasteiger partial charge in [-0.25, -0.2) is 0 Å². The van der Waals surface area contributed by atoms with E-state index in [2.05, 4.69) is 16.9 Å². The Labute approximate surface area is 85.2 Å². The Morgan fingerprint density at radius 2 is 2.14 bits per heavy atom. The highest BCUT2D eigenvalue weighted by atomic mass is 16.3. The van der Waals surface area contributed by atoms with Gasteiger partial charge in [0.15, 0.2) is 0 Å². The first-order valence-electron chi connectivity index (χ1n) is 5.28. The smallest absolute Gasteiger partial charge is 0.0975 e. The Bertz CT molecular complexity index is 238. The number of hydrogen-bond acceptors (Lipinski definition) is 3. The zero-order valence-electron chi connectivity index (χ0n) is 8.69. The summed E-state index contributed by atoms with van der Waals surface area (Å²) < 4.78 is 0. The van der Waals surface area contributed by atoms with Crippen molar-refractivity contribution in [3.63, 3.8) is 0 Å². The van der Waals surface area contributed by atoms with Crippen LogP contribution in [0.15, 0.2) is 18.6 Å². The SMILES string of the molecule is CCCCCCC(O)c1cnccn1. The fourth-order valence-corrected chi connectivity index (χ4v) is 1.40. The molecule has 0 aliphatic heterocycles. The van der Waals surface area contributed by atoms with E-state index >= 15 is 0 Å². The molecule has 78 valence electrons. The van der Waals surface area contributed by atoms with Gasteiger partial charge in [0.05, 0.1) is 18.0 Å². The number of nitrogens with zero attached hydrogens (tertiary/aromatic N) is 2. The number of unbranched alkanes of at least 4 members (excludes halogenated alkanes) is 3. The van der Waals surface area contributed by atoms with Gasteiger partial charge in [0.1, 0.15) is 0 Å². The van der Waals surface area contributed by atoms with Gasteiger partial charge in [-0.3, -0.25) is 9.97 Å². The molecule has 1 unspecified atom stereocenters. The molecule has 0 radical (unpaired) electrons. The zero-order chi connectivity index (χ0) is 10.2. The van der Waals surface area contributed by atoms with Gasteiger partial charge in [0.2, 0.25) is 0 Å². The summed E-state index contributed by atoms with van der Waals surface area (Å²) in [6.07, 6.45) is 9.93. The second-order valence-electron chi connectivity index (χ2n) is 3.50. The van der Waals surface area contributed by atoms with Crippen molar-refractivity contribution < 1.29 is 5.11 Å². The predicted molar refractivity (Wildman–Crippen MR) is 55.8 cm³/mol. The molecule has 1 heterocycles. The second-order valence-corrected chi connectivity index (χ2v) is 3.50. The zero-order valence-corrected chi connectivity index (χ0v) is 8.69. The van der Waals surface area contributed by atoms with Crippen LogP contribution in [0.5, 0.6) is 0 Å². The Hall–Kier alpha value is -0.960. The summed E-state index contributed by atoms with van der Waals surface area (Å²) in [5.41, 5.74) is 0.684. The molecule has 0 aliphatic rings. The molecule has 0 aromatic carbocycles. The van der Waals surface area contributed by atoms with Crippen molar-refractivity contribution in [3.05, 3.63) is 24.3 Å². The summed E-state index contributed by atoms with van der Waals surface area (Å²) in [6, 6.07) is 0. The summed E-state index contributed by atoms with van der Waals surface area (Å²) in [5, 5.41) is 9.72. The molecule has 1 atom stereocenters. The number of hydrogen-bond donors (Lipinski definition) is 1. The third-order valence-electron chi connectivity index (χ3n) is 2.26. The first kappa shape index (κ1) is 11.1. The molecular formula is C11H18N2O. The van der Waals surface area contributed by atoms with Crippen LogP contribution in [0.25, 0.3) is 0 Å². The van der Waals surface area contributed by atoms with Crippen molar-refractivity contribution in [3.8, 4) is 0 Å². The molecule has 0 aliphatic carbocycles. The average molecular weight is 194 g/mol. The quantitative estimate of drug-likeness (QED) is 0.708. The van der Waals surface area contributed by atoms with E-state index in [1.807, 2.05) is 0 Å². The van der Waals surface area contributed by atoms with Gasteiger partial charge in [-0.15, -0.1) is 0 Å². The first-order chi connectivity index (χ1) is 6.84. The van der Waals surface area contributed by atoms with E-state index in [0.717, 1.165) is 12.8 Å². The average Bonchev–Trinajstić information content (AvgIpc) is 2.25. The summed E-state index contributed by atoms with van der Waals surface area (Å²) in [4.78, 5) is 7.99. The third-order valence-corrected chi connectivity index (χ3v) is 2.26. The highest BCUT2D eigenvalue weighted by Crippen LogP contribution is 2.16. The monoisotopic (exact) mass is 194 g/mol. The van der Waals surface area contributed by atoms with E-state index in [-0.39, 0.29) is 0 Å². The molecule has 3 heteroatoms. The first-order valence-corrected chi connectivity index (χ1v) is 5.28. The Balaban J connectivity index is 2.25. The van der Waals surface area contributed by atoms with Crippen molar-refractivity contribution in [2.24, 2.45) is 0 Å². The molecule has 1 aromatic rings. The van der Waals surface area contributed by atoms with E-state index in [4.69, 9.17) is 0 Å². The molecule has 3 nitrogen and oxygen atoms in total. The standard InChI is InChI=1S/C11H18N2O/c1-2-3-4-5-6-11(14)10-9-12-7-8-13-10/h7-9,11,14H,2-6H2,1H3. The lowest BCUT2D eigenvalue weighted by Crippen LogP contribution is -2.00. The van der Waals surface area contributed by atoms with Crippen LogP contribution in [0.3, 0.4) is 0 Å². The molecule has 0 spiro atoms. The van der Waals surface area contributed by atoms with Crippen LogP contribution < -0.4 is 0 Å². The van der Waals surface area contributed by atoms with Crippen LogP contribution >= 0.6 is 0 Å². The van der Waals surface area contributed by atoms with Gasteiger partial charge < -0.3 is 5.11 Å².